The first-order valence-corrected chi connectivity index (χ1v) is 9.40. The highest BCUT2D eigenvalue weighted by atomic mass is 127. The van der Waals surface area contributed by atoms with Crippen molar-refractivity contribution < 1.29 is 13.6 Å². The number of hydrogen-bond donors (Lipinski definition) is 2. The van der Waals surface area contributed by atoms with Crippen molar-refractivity contribution >= 4 is 57.6 Å². The van der Waals surface area contributed by atoms with Crippen LogP contribution in [0.1, 0.15) is 5.76 Å². The van der Waals surface area contributed by atoms with Crippen LogP contribution in [0.5, 0.6) is 0 Å². The molecular formula is C20H14FIN2O2S. The van der Waals surface area contributed by atoms with E-state index >= 15 is 0 Å². The second-order valence-electron chi connectivity index (χ2n) is 5.47. The average Bonchev–Trinajstić information content (AvgIpc) is 3.12. The Bertz CT molecular complexity index is 1000. The molecule has 3 rings (SSSR count). The number of amides is 1. The number of halogens is 2. The monoisotopic (exact) mass is 492 g/mol. The molecule has 1 heterocycles. The van der Waals surface area contributed by atoms with Crippen molar-refractivity contribution in [3.8, 4) is 11.3 Å². The number of rotatable bonds is 4. The van der Waals surface area contributed by atoms with Gasteiger partial charge in [-0.2, -0.15) is 0 Å². The van der Waals surface area contributed by atoms with Crippen LogP contribution in [0.4, 0.5) is 10.1 Å². The lowest BCUT2D eigenvalue weighted by atomic mass is 10.2. The number of carbonyl (C=O) groups is 1. The highest BCUT2D eigenvalue weighted by Crippen LogP contribution is 2.22. The van der Waals surface area contributed by atoms with Crippen molar-refractivity contribution in [1.82, 2.24) is 5.32 Å². The van der Waals surface area contributed by atoms with Gasteiger partial charge in [0.2, 0.25) is 5.91 Å². The van der Waals surface area contributed by atoms with Gasteiger partial charge in [0.1, 0.15) is 17.3 Å². The van der Waals surface area contributed by atoms with E-state index in [1.807, 2.05) is 59.0 Å². The number of carbonyl (C=O) groups excluding carboxylic acids is 1. The second-order valence-corrected chi connectivity index (χ2v) is 7.12. The van der Waals surface area contributed by atoms with Crippen LogP contribution in [-0.2, 0) is 4.79 Å². The van der Waals surface area contributed by atoms with E-state index < -0.39 is 11.7 Å². The molecule has 2 aromatic carbocycles. The lowest BCUT2D eigenvalue weighted by Crippen LogP contribution is -2.33. The maximum Gasteiger partial charge on any atom is 0.250 e. The molecule has 0 saturated heterocycles. The zero-order valence-corrected chi connectivity index (χ0v) is 16.9. The highest BCUT2D eigenvalue weighted by molar-refractivity contribution is 14.1. The molecule has 136 valence electrons. The van der Waals surface area contributed by atoms with Gasteiger partial charge in [0.05, 0.1) is 5.69 Å². The van der Waals surface area contributed by atoms with Gasteiger partial charge in [0, 0.05) is 15.2 Å². The van der Waals surface area contributed by atoms with Crippen LogP contribution in [0.2, 0.25) is 0 Å². The molecule has 0 aliphatic heterocycles. The molecule has 0 fully saturated rings. The predicted octanol–water partition coefficient (Wildman–Crippen LogP) is 5.22. The van der Waals surface area contributed by atoms with Crippen LogP contribution in [0.3, 0.4) is 0 Å². The number of anilines is 1. The summed E-state index contributed by atoms with van der Waals surface area (Å²) in [6.45, 7) is 0. The Balaban J connectivity index is 1.57. The first-order chi connectivity index (χ1) is 13.0. The van der Waals surface area contributed by atoms with Crippen molar-refractivity contribution in [2.75, 3.05) is 5.32 Å². The number of thiocarbonyl (C=S) groups is 1. The van der Waals surface area contributed by atoms with Crippen LogP contribution >= 0.6 is 34.8 Å². The summed E-state index contributed by atoms with van der Waals surface area (Å²) < 4.78 is 20.2. The fraction of sp³-hybridized carbons (Fsp3) is 0. The number of benzene rings is 2. The first kappa shape index (κ1) is 19.2. The summed E-state index contributed by atoms with van der Waals surface area (Å²) in [6.07, 6.45) is 2.84. The quantitative estimate of drug-likeness (QED) is 0.298. The maximum absolute atomic E-state index is 13.8. The Morgan fingerprint density at radius 1 is 1.11 bits per heavy atom. The summed E-state index contributed by atoms with van der Waals surface area (Å²) in [6, 6.07) is 17.9. The molecule has 2 N–H and O–H groups in total. The molecular weight excluding hydrogens is 478 g/mol. The molecule has 0 bridgehead atoms. The second kappa shape index (κ2) is 8.92. The van der Waals surface area contributed by atoms with Gasteiger partial charge in [-0.05, 0) is 71.2 Å². The van der Waals surface area contributed by atoms with E-state index in [0.717, 1.165) is 9.13 Å². The van der Waals surface area contributed by atoms with E-state index in [4.69, 9.17) is 16.6 Å². The van der Waals surface area contributed by atoms with Crippen LogP contribution in [0, 0.1) is 9.39 Å². The van der Waals surface area contributed by atoms with Crippen LogP contribution < -0.4 is 10.6 Å². The van der Waals surface area contributed by atoms with Crippen molar-refractivity contribution in [3.63, 3.8) is 0 Å². The van der Waals surface area contributed by atoms with E-state index in [9.17, 15) is 9.18 Å². The largest absolute Gasteiger partial charge is 0.457 e. The van der Waals surface area contributed by atoms with Gasteiger partial charge in [0.15, 0.2) is 5.11 Å². The minimum atomic E-state index is -0.448. The van der Waals surface area contributed by atoms with Crippen molar-refractivity contribution in [1.29, 1.82) is 0 Å². The van der Waals surface area contributed by atoms with Crippen LogP contribution in [-0.4, -0.2) is 11.0 Å². The lowest BCUT2D eigenvalue weighted by Gasteiger charge is -2.09. The third-order valence-corrected chi connectivity index (χ3v) is 4.38. The fourth-order valence-electron chi connectivity index (χ4n) is 2.26. The number of nitrogens with one attached hydrogen (secondary N) is 2. The Hall–Kier alpha value is -2.52. The van der Waals surface area contributed by atoms with Gasteiger partial charge in [-0.15, -0.1) is 0 Å². The molecule has 3 aromatic rings. The van der Waals surface area contributed by atoms with Crippen molar-refractivity contribution in [2.45, 2.75) is 0 Å². The molecule has 0 aliphatic rings. The van der Waals surface area contributed by atoms with Crippen molar-refractivity contribution in [2.24, 2.45) is 0 Å². The number of hydrogen-bond acceptors (Lipinski definition) is 3. The Labute approximate surface area is 174 Å². The Morgan fingerprint density at radius 3 is 2.63 bits per heavy atom. The summed E-state index contributed by atoms with van der Waals surface area (Å²) in [7, 11) is 0. The molecule has 0 atom stereocenters. The van der Waals surface area contributed by atoms with Crippen molar-refractivity contribution in [3.05, 3.63) is 81.9 Å². The smallest absolute Gasteiger partial charge is 0.250 e. The summed E-state index contributed by atoms with van der Waals surface area (Å²) >= 11 is 7.04. The molecule has 7 heteroatoms. The Morgan fingerprint density at radius 2 is 1.89 bits per heavy atom. The molecule has 0 spiro atoms. The Kier molecular flexibility index (Phi) is 6.36. The topological polar surface area (TPSA) is 54.3 Å². The van der Waals surface area contributed by atoms with Gasteiger partial charge in [-0.25, -0.2) is 4.39 Å². The van der Waals surface area contributed by atoms with Crippen LogP contribution in [0.25, 0.3) is 17.4 Å². The van der Waals surface area contributed by atoms with E-state index in [0.29, 0.717) is 11.5 Å². The van der Waals surface area contributed by atoms with Gasteiger partial charge in [-0.1, -0.05) is 30.3 Å². The minimum Gasteiger partial charge on any atom is -0.457 e. The zero-order chi connectivity index (χ0) is 19.2. The third-order valence-electron chi connectivity index (χ3n) is 3.50. The van der Waals surface area contributed by atoms with E-state index in [-0.39, 0.29) is 10.8 Å². The molecule has 0 saturated carbocycles. The van der Waals surface area contributed by atoms with Crippen LogP contribution in [0.15, 0.2) is 71.2 Å². The first-order valence-electron chi connectivity index (χ1n) is 7.91. The molecule has 1 aromatic heterocycles. The summed E-state index contributed by atoms with van der Waals surface area (Å²) in [5, 5.41) is 5.13. The predicted molar refractivity (Wildman–Crippen MR) is 117 cm³/mol. The normalized spacial score (nSPS) is 10.7. The molecule has 4 nitrogen and oxygen atoms in total. The molecule has 0 aliphatic carbocycles. The molecule has 27 heavy (non-hydrogen) atoms. The molecule has 0 unspecified atom stereocenters. The average molecular weight is 492 g/mol. The fourth-order valence-corrected chi connectivity index (χ4v) is 2.92. The lowest BCUT2D eigenvalue weighted by molar-refractivity contribution is -0.115. The van der Waals surface area contributed by atoms with E-state index in [2.05, 4.69) is 10.6 Å². The van der Waals surface area contributed by atoms with E-state index in [1.54, 1.807) is 18.2 Å². The molecule has 0 radical (unpaired) electrons. The summed E-state index contributed by atoms with van der Waals surface area (Å²) in [4.78, 5) is 12.0. The highest BCUT2D eigenvalue weighted by Gasteiger charge is 2.07. The van der Waals surface area contributed by atoms with Gasteiger partial charge >= 0.3 is 0 Å². The zero-order valence-electron chi connectivity index (χ0n) is 13.9. The maximum atomic E-state index is 13.8. The summed E-state index contributed by atoms with van der Waals surface area (Å²) in [5.41, 5.74) is 1.15. The van der Waals surface area contributed by atoms with Gasteiger partial charge in [0.25, 0.3) is 0 Å². The van der Waals surface area contributed by atoms with E-state index in [1.165, 1.54) is 18.2 Å². The number of furan rings is 1. The summed E-state index contributed by atoms with van der Waals surface area (Å²) in [5.74, 6) is 0.350. The standard InChI is InChI=1S/C20H14FIN2O2S/c21-16-12-14(22)6-9-17(16)23-20(27)24-19(25)11-8-15-7-10-18(26-15)13-4-2-1-3-5-13/h1-12H,(H2,23,24,25,27)/b11-8+. The van der Waals surface area contributed by atoms with Gasteiger partial charge < -0.3 is 9.73 Å². The molecule has 1 amide bonds. The third kappa shape index (κ3) is 5.48. The van der Waals surface area contributed by atoms with Gasteiger partial charge in [-0.3, -0.25) is 10.1 Å². The minimum absolute atomic E-state index is 0.00850. The SMILES string of the molecule is O=C(/C=C/c1ccc(-c2ccccc2)o1)NC(=S)Nc1ccc(I)cc1F.